The number of piperidine rings is 1. The number of nitrogens with zero attached hydrogens (tertiary/aromatic N) is 4. The summed E-state index contributed by atoms with van der Waals surface area (Å²) in [5.41, 5.74) is 9.33. The first-order valence-electron chi connectivity index (χ1n) is 11.4. The minimum Gasteiger partial charge on any atom is -0.483 e. The number of alkyl halides is 2. The Balaban J connectivity index is 0.00000122. The molecule has 0 bridgehead atoms. The van der Waals surface area contributed by atoms with Crippen LogP contribution in [0.3, 0.4) is 0 Å². The van der Waals surface area contributed by atoms with Gasteiger partial charge in [0.2, 0.25) is 0 Å². The smallest absolute Gasteiger partial charge is 0.318 e. The maximum Gasteiger partial charge on any atom is 0.318 e. The van der Waals surface area contributed by atoms with Crippen LogP contribution in [0.2, 0.25) is 0 Å². The number of hydrogen-bond donors (Lipinski definition) is 2. The number of hydrogen-bond acceptors (Lipinski definition) is 7. The Morgan fingerprint density at radius 1 is 1.24 bits per heavy atom. The molecule has 8 nitrogen and oxygen atoms in total. The van der Waals surface area contributed by atoms with E-state index in [9.17, 15) is 14.0 Å². The molecule has 1 aliphatic heterocycles. The summed E-state index contributed by atoms with van der Waals surface area (Å²) in [7, 11) is 0. The van der Waals surface area contributed by atoms with Crippen molar-refractivity contribution < 1.29 is 23.4 Å². The molecule has 0 aromatic carbocycles. The Morgan fingerprint density at radius 2 is 1.94 bits per heavy atom. The topological polar surface area (TPSA) is 125 Å². The highest BCUT2D eigenvalue weighted by atomic mass is 19.3. The van der Waals surface area contributed by atoms with Crippen LogP contribution in [0.5, 0.6) is 6.01 Å². The predicted molar refractivity (Wildman–Crippen MR) is 121 cm³/mol. The first-order chi connectivity index (χ1) is 15.8. The van der Waals surface area contributed by atoms with Gasteiger partial charge in [-0.15, -0.1) is 0 Å². The molecule has 3 rings (SSSR count). The third-order valence-corrected chi connectivity index (χ3v) is 5.87. The van der Waals surface area contributed by atoms with Gasteiger partial charge in [0, 0.05) is 43.5 Å². The number of halogens is 2. The minimum absolute atomic E-state index is 0.0357. The molecule has 2 heterocycles. The van der Waals surface area contributed by atoms with Gasteiger partial charge >= 0.3 is 6.01 Å². The molecule has 0 unspecified atom stereocenters. The zero-order chi connectivity index (χ0) is 24.3. The number of rotatable bonds is 10. The molecule has 0 spiro atoms. The maximum atomic E-state index is 13.2. The average molecular weight is 466 g/mol. The van der Waals surface area contributed by atoms with Gasteiger partial charge in [-0.2, -0.15) is 15.2 Å². The monoisotopic (exact) mass is 465 g/mol. The molecular weight excluding hydrogens is 432 g/mol. The van der Waals surface area contributed by atoms with Crippen LogP contribution in [-0.2, 0) is 11.2 Å². The average Bonchev–Trinajstić information content (AvgIpc) is 3.13. The van der Waals surface area contributed by atoms with E-state index in [1.807, 2.05) is 0 Å². The summed E-state index contributed by atoms with van der Waals surface area (Å²) in [5, 5.41) is 16.5. The SMILES string of the molecule is CCCCOc1nc(N)c2c(n1)C(CCCCCN1CCC(F)(F)CC1)=C(C#N)C2.O=CO. The number of allylic oxidation sites excluding steroid dienone is 2. The van der Waals surface area contributed by atoms with E-state index in [-0.39, 0.29) is 25.3 Å². The van der Waals surface area contributed by atoms with E-state index in [4.69, 9.17) is 20.4 Å². The van der Waals surface area contributed by atoms with Crippen LogP contribution in [0.4, 0.5) is 14.6 Å². The van der Waals surface area contributed by atoms with Crippen LogP contribution in [0.1, 0.15) is 69.5 Å². The molecule has 3 N–H and O–H groups in total. The van der Waals surface area contributed by atoms with Crippen molar-refractivity contribution in [3.63, 3.8) is 0 Å². The molecule has 1 fully saturated rings. The predicted octanol–water partition coefficient (Wildman–Crippen LogP) is 4.06. The van der Waals surface area contributed by atoms with Gasteiger partial charge in [-0.3, -0.25) is 4.79 Å². The van der Waals surface area contributed by atoms with Crippen LogP contribution in [-0.4, -0.2) is 58.6 Å². The van der Waals surface area contributed by atoms with Crippen molar-refractivity contribution in [3.8, 4) is 12.1 Å². The number of nitrogen functional groups attached to an aromatic ring is 1. The van der Waals surface area contributed by atoms with Crippen LogP contribution in [0, 0.1) is 11.3 Å². The van der Waals surface area contributed by atoms with E-state index < -0.39 is 5.92 Å². The third-order valence-electron chi connectivity index (χ3n) is 5.87. The number of anilines is 1. The van der Waals surface area contributed by atoms with Gasteiger partial charge in [0.15, 0.2) is 0 Å². The lowest BCUT2D eigenvalue weighted by Crippen LogP contribution is -2.39. The second-order valence-electron chi connectivity index (χ2n) is 8.28. The number of nitrogens with two attached hydrogens (primary N) is 1. The van der Waals surface area contributed by atoms with Gasteiger partial charge in [0.05, 0.1) is 18.4 Å². The van der Waals surface area contributed by atoms with E-state index >= 15 is 0 Å². The summed E-state index contributed by atoms with van der Waals surface area (Å²) >= 11 is 0. The van der Waals surface area contributed by atoms with Crippen LogP contribution in [0.25, 0.3) is 5.57 Å². The fourth-order valence-electron chi connectivity index (χ4n) is 4.00. The molecule has 0 atom stereocenters. The minimum atomic E-state index is -2.49. The highest BCUT2D eigenvalue weighted by Crippen LogP contribution is 2.38. The van der Waals surface area contributed by atoms with Gasteiger partial charge in [0.1, 0.15) is 5.82 Å². The Labute approximate surface area is 193 Å². The normalized spacial score (nSPS) is 17.0. The van der Waals surface area contributed by atoms with Crippen molar-refractivity contribution >= 4 is 17.9 Å². The fraction of sp³-hybridized carbons (Fsp3) is 0.652. The van der Waals surface area contributed by atoms with Gasteiger partial charge in [-0.05, 0) is 37.8 Å². The zero-order valence-electron chi connectivity index (χ0n) is 19.2. The number of nitriles is 1. The number of aromatic nitrogens is 2. The summed E-state index contributed by atoms with van der Waals surface area (Å²) < 4.78 is 32.1. The molecule has 2 aliphatic rings. The van der Waals surface area contributed by atoms with Gasteiger partial charge in [0.25, 0.3) is 12.4 Å². The lowest BCUT2D eigenvalue weighted by Gasteiger charge is -2.31. The van der Waals surface area contributed by atoms with Crippen molar-refractivity contribution in [2.24, 2.45) is 0 Å². The van der Waals surface area contributed by atoms with Crippen LogP contribution < -0.4 is 10.5 Å². The maximum absolute atomic E-state index is 13.2. The number of carbonyl (C=O) groups is 1. The summed E-state index contributed by atoms with van der Waals surface area (Å²) in [5.74, 6) is -2.11. The third kappa shape index (κ3) is 7.93. The first-order valence-corrected chi connectivity index (χ1v) is 11.4. The Hall–Kier alpha value is -2.80. The summed E-state index contributed by atoms with van der Waals surface area (Å²) in [4.78, 5) is 19.3. The van der Waals surface area contributed by atoms with Crippen LogP contribution in [0.15, 0.2) is 5.57 Å². The second-order valence-corrected chi connectivity index (χ2v) is 8.28. The Morgan fingerprint density at radius 3 is 2.58 bits per heavy atom. The second kappa shape index (κ2) is 13.0. The fourth-order valence-corrected chi connectivity index (χ4v) is 4.00. The standard InChI is InChI=1S/C22H31F2N5O.CH2O2/c1-2-3-13-30-21-27-19-17(16(15-25)14-18(19)20(26)28-21)7-5-4-6-10-29-11-8-22(23,24)9-12-29;2-1-3/h2-14H2,1H3,(H2,26,27,28);1H,(H,2,3). The van der Waals surface area contributed by atoms with E-state index in [2.05, 4.69) is 27.9 Å². The molecule has 182 valence electrons. The van der Waals surface area contributed by atoms with Crippen molar-refractivity contribution in [2.45, 2.75) is 70.6 Å². The largest absolute Gasteiger partial charge is 0.483 e. The number of unbranched alkanes of at least 4 members (excludes halogenated alkanes) is 3. The molecule has 0 radical (unpaired) electrons. The van der Waals surface area contributed by atoms with Crippen molar-refractivity contribution in [3.05, 3.63) is 16.8 Å². The van der Waals surface area contributed by atoms with Crippen molar-refractivity contribution in [1.82, 2.24) is 14.9 Å². The van der Waals surface area contributed by atoms with E-state index in [1.54, 1.807) is 0 Å². The number of carboxylic acid groups (broad SMARTS) is 1. The summed E-state index contributed by atoms with van der Waals surface area (Å²) in [6.07, 6.45) is 5.95. The first kappa shape index (κ1) is 26.5. The molecule has 1 aromatic rings. The quantitative estimate of drug-likeness (QED) is 0.391. The van der Waals surface area contributed by atoms with Gasteiger partial charge < -0.3 is 20.5 Å². The summed E-state index contributed by atoms with van der Waals surface area (Å²) in [6.45, 7) is 4.17. The molecule has 33 heavy (non-hydrogen) atoms. The molecule has 1 aliphatic carbocycles. The lowest BCUT2D eigenvalue weighted by molar-refractivity contribution is -0.122. The van der Waals surface area contributed by atoms with E-state index in [0.29, 0.717) is 37.5 Å². The van der Waals surface area contributed by atoms with Crippen molar-refractivity contribution in [2.75, 3.05) is 32.0 Å². The molecular formula is C23H33F2N5O3. The zero-order valence-corrected chi connectivity index (χ0v) is 19.2. The molecule has 1 saturated heterocycles. The van der Waals surface area contributed by atoms with Crippen LogP contribution >= 0.6 is 0 Å². The van der Waals surface area contributed by atoms with E-state index in [0.717, 1.165) is 61.9 Å². The summed E-state index contributed by atoms with van der Waals surface area (Å²) in [6, 6.07) is 2.57. The van der Waals surface area contributed by atoms with Crippen molar-refractivity contribution in [1.29, 1.82) is 5.26 Å². The highest BCUT2D eigenvalue weighted by molar-refractivity contribution is 5.79. The van der Waals surface area contributed by atoms with E-state index in [1.165, 1.54) is 0 Å². The Bertz CT molecular complexity index is 860. The number of likely N-dealkylation sites (tertiary alicyclic amines) is 1. The molecule has 10 heteroatoms. The molecule has 0 saturated carbocycles. The highest BCUT2D eigenvalue weighted by Gasteiger charge is 2.33. The van der Waals surface area contributed by atoms with Gasteiger partial charge in [-0.1, -0.05) is 19.8 Å². The van der Waals surface area contributed by atoms with Gasteiger partial charge in [-0.25, -0.2) is 8.78 Å². The number of fused-ring (bicyclic) bond motifs is 1. The lowest BCUT2D eigenvalue weighted by atomic mass is 10.0. The molecule has 0 amide bonds. The number of ether oxygens (including phenoxy) is 1. The Kier molecular flexibility index (Phi) is 10.5. The molecule has 1 aromatic heterocycles.